The van der Waals surface area contributed by atoms with Crippen LogP contribution in [0.1, 0.15) is 16.7 Å². The van der Waals surface area contributed by atoms with Crippen molar-refractivity contribution in [1.29, 1.82) is 5.26 Å². The van der Waals surface area contributed by atoms with Crippen LogP contribution >= 0.6 is 27.5 Å². The van der Waals surface area contributed by atoms with Gasteiger partial charge in [0.15, 0.2) is 0 Å². The van der Waals surface area contributed by atoms with Crippen LogP contribution in [0, 0.1) is 11.3 Å². The number of alkyl halides is 1. The Morgan fingerprint density at radius 3 is 2.81 bits per heavy atom. The quantitative estimate of drug-likeness (QED) is 0.637. The van der Waals surface area contributed by atoms with E-state index >= 15 is 0 Å². The number of halogens is 2. The minimum Gasteiger partial charge on any atom is -0.469 e. The third-order valence-electron chi connectivity index (χ3n) is 2.14. The Bertz CT molecular complexity index is 454. The number of nitriles is 1. The maximum Gasteiger partial charge on any atom is 0.310 e. The maximum absolute atomic E-state index is 11.2. The number of nitrogens with zero attached hydrogens (tertiary/aromatic N) is 1. The second-order valence-corrected chi connectivity index (χ2v) is 4.12. The lowest BCUT2D eigenvalue weighted by molar-refractivity contribution is -0.139. The van der Waals surface area contributed by atoms with E-state index in [4.69, 9.17) is 16.9 Å². The van der Waals surface area contributed by atoms with Gasteiger partial charge in [0, 0.05) is 10.4 Å². The first-order chi connectivity index (χ1) is 7.63. The molecule has 0 spiro atoms. The highest BCUT2D eigenvalue weighted by Crippen LogP contribution is 2.27. The minimum atomic E-state index is -0.385. The molecule has 0 saturated heterocycles. The molecule has 0 aliphatic carbocycles. The van der Waals surface area contributed by atoms with Crippen molar-refractivity contribution in [1.82, 2.24) is 0 Å². The van der Waals surface area contributed by atoms with Crippen molar-refractivity contribution < 1.29 is 9.53 Å². The van der Waals surface area contributed by atoms with E-state index < -0.39 is 0 Å². The number of hydrogen-bond acceptors (Lipinski definition) is 3. The molecular formula is C11H9BrClNO2. The van der Waals surface area contributed by atoms with Gasteiger partial charge in [-0.2, -0.15) is 5.26 Å². The molecule has 0 aromatic heterocycles. The summed E-state index contributed by atoms with van der Waals surface area (Å²) in [6.07, 6.45) is 0.0602. The fourth-order valence-electron chi connectivity index (χ4n) is 1.27. The summed E-state index contributed by atoms with van der Waals surface area (Å²) in [4.78, 5) is 11.2. The molecule has 0 heterocycles. The largest absolute Gasteiger partial charge is 0.469 e. The van der Waals surface area contributed by atoms with Crippen molar-refractivity contribution in [2.45, 2.75) is 12.3 Å². The Kier molecular flexibility index (Phi) is 4.78. The number of methoxy groups -OCH3 is 1. The summed E-state index contributed by atoms with van der Waals surface area (Å²) >= 11 is 9.09. The van der Waals surface area contributed by atoms with E-state index in [-0.39, 0.29) is 12.4 Å². The first-order valence-corrected chi connectivity index (χ1v) is 5.80. The molecule has 84 valence electrons. The SMILES string of the molecule is COC(=O)Cc1c(C#N)ccc(CCl)c1Br. The topological polar surface area (TPSA) is 50.1 Å². The van der Waals surface area contributed by atoms with Crippen LogP contribution in [0.5, 0.6) is 0 Å². The predicted octanol–water partition coefficient (Wildman–Crippen LogP) is 2.78. The molecule has 0 N–H and O–H groups in total. The average Bonchev–Trinajstić information content (AvgIpc) is 2.31. The van der Waals surface area contributed by atoms with Crippen LogP contribution in [0.3, 0.4) is 0 Å². The molecule has 0 bridgehead atoms. The molecule has 0 aliphatic rings. The van der Waals surface area contributed by atoms with Crippen LogP contribution in [0.4, 0.5) is 0 Å². The summed E-state index contributed by atoms with van der Waals surface area (Å²) in [6, 6.07) is 5.45. The number of esters is 1. The highest BCUT2D eigenvalue weighted by Gasteiger charge is 2.14. The van der Waals surface area contributed by atoms with Crippen molar-refractivity contribution >= 4 is 33.5 Å². The van der Waals surface area contributed by atoms with E-state index in [1.165, 1.54) is 7.11 Å². The molecule has 0 aliphatic heterocycles. The Balaban J connectivity index is 3.22. The number of rotatable bonds is 3. The van der Waals surface area contributed by atoms with E-state index in [0.717, 1.165) is 5.56 Å². The summed E-state index contributed by atoms with van der Waals surface area (Å²) in [7, 11) is 1.31. The molecule has 16 heavy (non-hydrogen) atoms. The van der Waals surface area contributed by atoms with Gasteiger partial charge in [0.2, 0.25) is 0 Å². The molecule has 0 radical (unpaired) electrons. The summed E-state index contributed by atoms with van der Waals surface area (Å²) in [5, 5.41) is 8.94. The zero-order valence-electron chi connectivity index (χ0n) is 8.59. The molecule has 0 fully saturated rings. The third kappa shape index (κ3) is 2.75. The number of hydrogen-bond donors (Lipinski definition) is 0. The fraction of sp³-hybridized carbons (Fsp3) is 0.273. The number of benzene rings is 1. The zero-order chi connectivity index (χ0) is 12.1. The van der Waals surface area contributed by atoms with E-state index in [9.17, 15) is 4.79 Å². The monoisotopic (exact) mass is 301 g/mol. The summed E-state index contributed by atoms with van der Waals surface area (Å²) in [5.41, 5.74) is 1.92. The molecule has 0 saturated carbocycles. The minimum absolute atomic E-state index is 0.0602. The van der Waals surface area contributed by atoms with E-state index in [0.29, 0.717) is 21.5 Å². The normalized spacial score (nSPS) is 9.62. The van der Waals surface area contributed by atoms with Crippen LogP contribution in [0.15, 0.2) is 16.6 Å². The van der Waals surface area contributed by atoms with Gasteiger partial charge < -0.3 is 4.74 Å². The second kappa shape index (κ2) is 5.88. The van der Waals surface area contributed by atoms with Crippen molar-refractivity contribution in [2.24, 2.45) is 0 Å². The molecule has 0 unspecified atom stereocenters. The summed E-state index contributed by atoms with van der Waals surface area (Å²) in [5.74, 6) is -0.0654. The lowest BCUT2D eigenvalue weighted by Gasteiger charge is -2.09. The summed E-state index contributed by atoms with van der Waals surface area (Å²) in [6.45, 7) is 0. The lowest BCUT2D eigenvalue weighted by atomic mass is 10.0. The fourth-order valence-corrected chi connectivity index (χ4v) is 2.28. The number of ether oxygens (including phenoxy) is 1. The van der Waals surface area contributed by atoms with Gasteiger partial charge in [0.25, 0.3) is 0 Å². The highest BCUT2D eigenvalue weighted by atomic mass is 79.9. The average molecular weight is 303 g/mol. The zero-order valence-corrected chi connectivity index (χ0v) is 10.9. The van der Waals surface area contributed by atoms with E-state index in [1.807, 2.05) is 6.07 Å². The molecule has 1 aromatic rings. The third-order valence-corrected chi connectivity index (χ3v) is 3.41. The first kappa shape index (κ1) is 13.0. The van der Waals surface area contributed by atoms with E-state index in [2.05, 4.69) is 20.7 Å². The van der Waals surface area contributed by atoms with Gasteiger partial charge in [0.05, 0.1) is 25.2 Å². The van der Waals surface area contributed by atoms with Crippen molar-refractivity contribution in [3.05, 3.63) is 33.3 Å². The van der Waals surface area contributed by atoms with Gasteiger partial charge >= 0.3 is 5.97 Å². The van der Waals surface area contributed by atoms with Crippen LogP contribution in [-0.2, 0) is 21.8 Å². The molecule has 5 heteroatoms. The molecule has 3 nitrogen and oxygen atoms in total. The van der Waals surface area contributed by atoms with Crippen molar-refractivity contribution in [2.75, 3.05) is 7.11 Å². The molecule has 1 rings (SSSR count). The van der Waals surface area contributed by atoms with Crippen LogP contribution in [0.2, 0.25) is 0 Å². The molecule has 0 atom stereocenters. The van der Waals surface area contributed by atoms with Gasteiger partial charge in [-0.05, 0) is 17.2 Å². The molecule has 1 aromatic carbocycles. The van der Waals surface area contributed by atoms with E-state index in [1.54, 1.807) is 12.1 Å². The maximum atomic E-state index is 11.2. The van der Waals surface area contributed by atoms with Gasteiger partial charge in [0.1, 0.15) is 0 Å². The predicted molar refractivity (Wildman–Crippen MR) is 64.1 cm³/mol. The van der Waals surface area contributed by atoms with Gasteiger partial charge in [-0.25, -0.2) is 0 Å². The number of carbonyl (C=O) groups is 1. The Morgan fingerprint density at radius 2 is 2.31 bits per heavy atom. The standard InChI is InChI=1S/C11H9BrClNO2/c1-16-10(15)4-9-8(6-14)3-2-7(5-13)11(9)12/h2-3H,4-5H2,1H3. The Hall–Kier alpha value is -1.05. The van der Waals surface area contributed by atoms with Crippen molar-refractivity contribution in [3.8, 4) is 6.07 Å². The Labute approximate surface area is 107 Å². The molecular weight excluding hydrogens is 293 g/mol. The van der Waals surface area contributed by atoms with Crippen LogP contribution < -0.4 is 0 Å². The summed E-state index contributed by atoms with van der Waals surface area (Å²) < 4.78 is 5.28. The lowest BCUT2D eigenvalue weighted by Crippen LogP contribution is -2.07. The van der Waals surface area contributed by atoms with Gasteiger partial charge in [-0.1, -0.05) is 22.0 Å². The van der Waals surface area contributed by atoms with Crippen LogP contribution in [-0.4, -0.2) is 13.1 Å². The first-order valence-electron chi connectivity index (χ1n) is 4.47. The smallest absolute Gasteiger partial charge is 0.310 e. The van der Waals surface area contributed by atoms with Gasteiger partial charge in [-0.15, -0.1) is 11.6 Å². The molecule has 0 amide bonds. The van der Waals surface area contributed by atoms with Gasteiger partial charge in [-0.3, -0.25) is 4.79 Å². The Morgan fingerprint density at radius 1 is 1.62 bits per heavy atom. The number of carbonyl (C=O) groups excluding carboxylic acids is 1. The van der Waals surface area contributed by atoms with Crippen molar-refractivity contribution in [3.63, 3.8) is 0 Å². The van der Waals surface area contributed by atoms with Crippen LogP contribution in [0.25, 0.3) is 0 Å². The second-order valence-electron chi connectivity index (χ2n) is 3.06. The highest BCUT2D eigenvalue weighted by molar-refractivity contribution is 9.10.